The number of anilines is 2. The highest BCUT2D eigenvalue weighted by atomic mass is 16.2. The number of benzene rings is 1. The Morgan fingerprint density at radius 1 is 1.22 bits per heavy atom. The van der Waals surface area contributed by atoms with Crippen LogP contribution in [0.1, 0.15) is 67.0 Å². The number of primary amides is 1. The standard InChI is InChI=1S/C27H35N7O3/c1-5-10-22-21(6-2)32-25(26(29)37)27(33-22)31-20-12-9-11-19(15-20)18(3)16-30-23(35)17-34(4)24(36)13-7-8-14-28/h7,9,11-13,15,18H,5-6,8,10,16-17H2,1-4H3,(H2,29,37)(H,30,35)(H,31,33)/b13-7+/t18-/m0/s1. The minimum absolute atomic E-state index is 0.0259. The Morgan fingerprint density at radius 2 is 1.97 bits per heavy atom. The Hall–Kier alpha value is -4.26. The first-order valence-corrected chi connectivity index (χ1v) is 12.3. The lowest BCUT2D eigenvalue weighted by Gasteiger charge is -2.18. The van der Waals surface area contributed by atoms with Crippen molar-refractivity contribution in [2.45, 2.75) is 52.4 Å². The molecule has 1 heterocycles. The second-order valence-corrected chi connectivity index (χ2v) is 8.70. The summed E-state index contributed by atoms with van der Waals surface area (Å²) in [7, 11) is 1.53. The Labute approximate surface area is 218 Å². The van der Waals surface area contributed by atoms with Gasteiger partial charge in [0.2, 0.25) is 11.8 Å². The van der Waals surface area contributed by atoms with E-state index in [-0.39, 0.29) is 36.4 Å². The molecule has 1 aromatic heterocycles. The van der Waals surface area contributed by atoms with Gasteiger partial charge in [-0.05, 0) is 36.5 Å². The molecule has 0 saturated carbocycles. The highest BCUT2D eigenvalue weighted by Crippen LogP contribution is 2.24. The van der Waals surface area contributed by atoms with Crippen LogP contribution >= 0.6 is 0 Å². The number of nitrogens with zero attached hydrogens (tertiary/aromatic N) is 4. The van der Waals surface area contributed by atoms with E-state index in [1.165, 1.54) is 24.1 Å². The lowest BCUT2D eigenvalue weighted by Crippen LogP contribution is -2.38. The van der Waals surface area contributed by atoms with Crippen LogP contribution in [-0.2, 0) is 22.4 Å². The molecule has 0 bridgehead atoms. The number of hydrogen-bond acceptors (Lipinski definition) is 7. The van der Waals surface area contributed by atoms with Crippen LogP contribution in [0.2, 0.25) is 0 Å². The SMILES string of the molecule is CCCc1nc(Nc2cccc([C@@H](C)CNC(=O)CN(C)C(=O)/C=C/CC#N)c2)c(C(N)=O)nc1CC. The van der Waals surface area contributed by atoms with Gasteiger partial charge in [0.05, 0.1) is 30.4 Å². The van der Waals surface area contributed by atoms with Crippen molar-refractivity contribution < 1.29 is 14.4 Å². The van der Waals surface area contributed by atoms with Gasteiger partial charge < -0.3 is 21.3 Å². The Morgan fingerprint density at radius 3 is 2.62 bits per heavy atom. The van der Waals surface area contributed by atoms with Gasteiger partial charge in [0, 0.05) is 25.4 Å². The van der Waals surface area contributed by atoms with E-state index in [0.29, 0.717) is 24.5 Å². The fraction of sp³-hybridized carbons (Fsp3) is 0.407. The van der Waals surface area contributed by atoms with Crippen molar-refractivity contribution >= 4 is 29.2 Å². The largest absolute Gasteiger partial charge is 0.364 e. The van der Waals surface area contributed by atoms with Gasteiger partial charge in [0.15, 0.2) is 11.5 Å². The van der Waals surface area contributed by atoms with Gasteiger partial charge in [-0.15, -0.1) is 0 Å². The molecule has 37 heavy (non-hydrogen) atoms. The molecule has 0 saturated heterocycles. The van der Waals surface area contributed by atoms with Crippen LogP contribution in [0.15, 0.2) is 36.4 Å². The summed E-state index contributed by atoms with van der Waals surface area (Å²) in [6.07, 6.45) is 5.18. The minimum atomic E-state index is -0.649. The summed E-state index contributed by atoms with van der Waals surface area (Å²) in [6.45, 7) is 6.28. The molecule has 10 nitrogen and oxygen atoms in total. The zero-order valence-electron chi connectivity index (χ0n) is 21.9. The maximum Gasteiger partial charge on any atom is 0.271 e. The van der Waals surface area contributed by atoms with Gasteiger partial charge in [-0.1, -0.05) is 45.4 Å². The number of nitriles is 1. The molecule has 0 aliphatic heterocycles. The predicted octanol–water partition coefficient (Wildman–Crippen LogP) is 2.98. The number of likely N-dealkylation sites (N-methyl/N-ethyl adjacent to an activating group) is 1. The summed E-state index contributed by atoms with van der Waals surface area (Å²) < 4.78 is 0. The summed E-state index contributed by atoms with van der Waals surface area (Å²) in [5.41, 5.74) is 8.97. The molecular formula is C27H35N7O3. The topological polar surface area (TPSA) is 154 Å². The number of carbonyl (C=O) groups is 3. The van der Waals surface area contributed by atoms with Crippen molar-refractivity contribution in [1.82, 2.24) is 20.2 Å². The average molecular weight is 506 g/mol. The molecule has 1 aromatic carbocycles. The Bertz CT molecular complexity index is 1190. The van der Waals surface area contributed by atoms with E-state index in [1.807, 2.05) is 44.2 Å². The summed E-state index contributed by atoms with van der Waals surface area (Å²) in [6, 6.07) is 9.52. The second-order valence-electron chi connectivity index (χ2n) is 8.70. The van der Waals surface area contributed by atoms with E-state index in [0.717, 1.165) is 29.8 Å². The van der Waals surface area contributed by atoms with E-state index >= 15 is 0 Å². The number of aromatic nitrogens is 2. The van der Waals surface area contributed by atoms with Crippen LogP contribution in [0.25, 0.3) is 0 Å². The maximum absolute atomic E-state index is 12.3. The number of nitrogens with one attached hydrogen (secondary N) is 2. The van der Waals surface area contributed by atoms with Gasteiger partial charge in [-0.2, -0.15) is 5.26 Å². The molecule has 0 spiro atoms. The smallest absolute Gasteiger partial charge is 0.271 e. The van der Waals surface area contributed by atoms with Crippen molar-refractivity contribution in [3.63, 3.8) is 0 Å². The van der Waals surface area contributed by atoms with Crippen LogP contribution in [-0.4, -0.2) is 52.7 Å². The second kappa shape index (κ2) is 14.3. The summed E-state index contributed by atoms with van der Waals surface area (Å²) in [4.78, 5) is 46.8. The van der Waals surface area contributed by atoms with Crippen LogP contribution < -0.4 is 16.4 Å². The molecule has 0 radical (unpaired) electrons. The number of allylic oxidation sites excluding steroid dienone is 1. The van der Waals surface area contributed by atoms with Crippen LogP contribution in [0, 0.1) is 11.3 Å². The molecule has 0 aliphatic rings. The molecule has 2 aromatic rings. The quantitative estimate of drug-likeness (QED) is 0.354. The fourth-order valence-electron chi connectivity index (χ4n) is 3.62. The molecule has 3 amide bonds. The molecule has 0 fully saturated rings. The van der Waals surface area contributed by atoms with Crippen LogP contribution in [0.5, 0.6) is 0 Å². The molecule has 0 aliphatic carbocycles. The van der Waals surface area contributed by atoms with Gasteiger partial charge in [0.25, 0.3) is 5.91 Å². The number of amides is 3. The van der Waals surface area contributed by atoms with Crippen molar-refractivity contribution in [1.29, 1.82) is 5.26 Å². The Kier molecular flexibility index (Phi) is 11.2. The van der Waals surface area contributed by atoms with Crippen LogP contribution in [0.3, 0.4) is 0 Å². The minimum Gasteiger partial charge on any atom is -0.364 e. The van der Waals surface area contributed by atoms with Crippen molar-refractivity contribution in [3.8, 4) is 6.07 Å². The van der Waals surface area contributed by atoms with Gasteiger partial charge in [-0.25, -0.2) is 9.97 Å². The number of hydrogen-bond donors (Lipinski definition) is 3. The summed E-state index contributed by atoms with van der Waals surface area (Å²) in [5, 5.41) is 14.6. The maximum atomic E-state index is 12.3. The predicted molar refractivity (Wildman–Crippen MR) is 142 cm³/mol. The molecule has 196 valence electrons. The van der Waals surface area contributed by atoms with Crippen molar-refractivity contribution in [3.05, 3.63) is 59.1 Å². The monoisotopic (exact) mass is 505 g/mol. The summed E-state index contributed by atoms with van der Waals surface area (Å²) in [5.74, 6) is -0.981. The highest BCUT2D eigenvalue weighted by Gasteiger charge is 2.18. The molecule has 2 rings (SSSR count). The number of carbonyl (C=O) groups excluding carboxylic acids is 3. The lowest BCUT2D eigenvalue weighted by molar-refractivity contribution is -0.131. The number of nitrogens with two attached hydrogens (primary N) is 1. The molecule has 10 heteroatoms. The van der Waals surface area contributed by atoms with E-state index in [2.05, 4.69) is 27.5 Å². The molecule has 0 unspecified atom stereocenters. The third-order valence-electron chi connectivity index (χ3n) is 5.66. The van der Waals surface area contributed by atoms with E-state index < -0.39 is 5.91 Å². The highest BCUT2D eigenvalue weighted by molar-refractivity contribution is 5.96. The molecule has 4 N–H and O–H groups in total. The molecule has 1 atom stereocenters. The first-order chi connectivity index (χ1) is 17.7. The zero-order valence-corrected chi connectivity index (χ0v) is 21.9. The zero-order chi connectivity index (χ0) is 27.4. The number of rotatable bonds is 13. The van der Waals surface area contributed by atoms with Gasteiger partial charge in [-0.3, -0.25) is 14.4 Å². The first kappa shape index (κ1) is 29.0. The third-order valence-corrected chi connectivity index (χ3v) is 5.66. The number of aryl methyl sites for hydroxylation is 2. The average Bonchev–Trinajstić information content (AvgIpc) is 2.87. The van der Waals surface area contributed by atoms with Gasteiger partial charge in [0.1, 0.15) is 0 Å². The first-order valence-electron chi connectivity index (χ1n) is 12.3. The third kappa shape index (κ3) is 8.72. The van der Waals surface area contributed by atoms with E-state index in [1.54, 1.807) is 0 Å². The van der Waals surface area contributed by atoms with Crippen molar-refractivity contribution in [2.75, 3.05) is 25.5 Å². The van der Waals surface area contributed by atoms with Crippen LogP contribution in [0.4, 0.5) is 11.5 Å². The normalized spacial score (nSPS) is 11.5. The van der Waals surface area contributed by atoms with E-state index in [4.69, 9.17) is 11.0 Å². The summed E-state index contributed by atoms with van der Waals surface area (Å²) >= 11 is 0. The lowest BCUT2D eigenvalue weighted by atomic mass is 10.0. The van der Waals surface area contributed by atoms with Crippen molar-refractivity contribution in [2.24, 2.45) is 5.73 Å². The fourth-order valence-corrected chi connectivity index (χ4v) is 3.62. The van der Waals surface area contributed by atoms with Gasteiger partial charge >= 0.3 is 0 Å². The Balaban J connectivity index is 2.08. The molecular weight excluding hydrogens is 470 g/mol. The van der Waals surface area contributed by atoms with E-state index in [9.17, 15) is 14.4 Å².